The first kappa shape index (κ1) is 32.0. The lowest BCUT2D eigenvalue weighted by Crippen LogP contribution is -2.54. The first-order valence-electron chi connectivity index (χ1n) is 13.4. The lowest BCUT2D eigenvalue weighted by atomic mass is 10.0. The number of ether oxygens (including phenoxy) is 1. The lowest BCUT2D eigenvalue weighted by Gasteiger charge is -2.34. The molecule has 0 bridgehead atoms. The van der Waals surface area contributed by atoms with Crippen LogP contribution in [0.4, 0.5) is 5.69 Å². The predicted molar refractivity (Wildman–Crippen MR) is 164 cm³/mol. The molecule has 0 saturated carbocycles. The summed E-state index contributed by atoms with van der Waals surface area (Å²) in [6.07, 6.45) is 1.98. The third-order valence-corrected chi connectivity index (χ3v) is 8.32. The van der Waals surface area contributed by atoms with Crippen molar-refractivity contribution in [1.29, 1.82) is 0 Å². The third-order valence-electron chi connectivity index (χ3n) is 6.96. The van der Waals surface area contributed by atoms with Crippen LogP contribution in [0.15, 0.2) is 72.8 Å². The number of aryl methyl sites for hydroxylation is 1. The molecule has 0 aliphatic heterocycles. The van der Waals surface area contributed by atoms with Crippen molar-refractivity contribution in [1.82, 2.24) is 10.2 Å². The van der Waals surface area contributed by atoms with Crippen LogP contribution in [0.25, 0.3) is 0 Å². The topological polar surface area (TPSA) is 96.0 Å². The van der Waals surface area contributed by atoms with Gasteiger partial charge in [0.15, 0.2) is 0 Å². The first-order chi connectivity index (χ1) is 19.4. The van der Waals surface area contributed by atoms with E-state index in [0.29, 0.717) is 6.42 Å². The van der Waals surface area contributed by atoms with Crippen molar-refractivity contribution < 1.29 is 22.7 Å². The number of rotatable bonds is 13. The molecule has 0 spiro atoms. The van der Waals surface area contributed by atoms with E-state index in [-0.39, 0.29) is 41.4 Å². The summed E-state index contributed by atoms with van der Waals surface area (Å²) in [6.45, 7) is 5.37. The fraction of sp³-hybridized carbons (Fsp3) is 0.355. The van der Waals surface area contributed by atoms with Crippen LogP contribution in [0.3, 0.4) is 0 Å². The monoisotopic (exact) mass is 599 g/mol. The number of sulfonamides is 1. The van der Waals surface area contributed by atoms with Crippen molar-refractivity contribution in [3.8, 4) is 5.75 Å². The van der Waals surface area contributed by atoms with Gasteiger partial charge in [0, 0.05) is 24.0 Å². The Hall–Kier alpha value is -3.56. The molecule has 0 radical (unpaired) electrons. The SMILES string of the molecule is CC[C@H](C)NC(=O)[C@@H](Cc1ccccc1)N(Cc1ccccc1C)C(=O)CN(c1cc(Cl)ccc1OC)S(C)(=O)=O. The van der Waals surface area contributed by atoms with Crippen molar-refractivity contribution in [2.45, 2.75) is 52.2 Å². The van der Waals surface area contributed by atoms with E-state index in [1.807, 2.05) is 75.4 Å². The van der Waals surface area contributed by atoms with Gasteiger partial charge in [-0.3, -0.25) is 13.9 Å². The third kappa shape index (κ3) is 8.71. The summed E-state index contributed by atoms with van der Waals surface area (Å²) in [6, 6.07) is 20.6. The van der Waals surface area contributed by atoms with Gasteiger partial charge in [0.05, 0.1) is 19.1 Å². The Bertz CT molecular complexity index is 1450. The van der Waals surface area contributed by atoms with Crippen LogP contribution in [-0.4, -0.2) is 57.1 Å². The minimum atomic E-state index is -3.96. The molecular weight excluding hydrogens is 562 g/mol. The van der Waals surface area contributed by atoms with Crippen molar-refractivity contribution in [2.75, 3.05) is 24.2 Å². The smallest absolute Gasteiger partial charge is 0.244 e. The minimum absolute atomic E-state index is 0.112. The highest BCUT2D eigenvalue weighted by Gasteiger charge is 2.34. The van der Waals surface area contributed by atoms with E-state index in [0.717, 1.165) is 27.3 Å². The molecule has 1 N–H and O–H groups in total. The molecule has 3 aromatic rings. The maximum atomic E-state index is 14.2. The van der Waals surface area contributed by atoms with Crippen LogP contribution >= 0.6 is 11.6 Å². The number of nitrogens with one attached hydrogen (secondary N) is 1. The number of carbonyl (C=O) groups is 2. The summed E-state index contributed by atoms with van der Waals surface area (Å²) >= 11 is 6.21. The number of anilines is 1. The maximum Gasteiger partial charge on any atom is 0.244 e. The summed E-state index contributed by atoms with van der Waals surface area (Å²) < 4.78 is 32.4. The van der Waals surface area contributed by atoms with Crippen LogP contribution in [0, 0.1) is 6.92 Å². The summed E-state index contributed by atoms with van der Waals surface area (Å²) in [5.74, 6) is -0.606. The predicted octanol–water partition coefficient (Wildman–Crippen LogP) is 4.98. The largest absolute Gasteiger partial charge is 0.495 e. The zero-order valence-electron chi connectivity index (χ0n) is 24.1. The van der Waals surface area contributed by atoms with Crippen LogP contribution < -0.4 is 14.4 Å². The summed E-state index contributed by atoms with van der Waals surface area (Å²) in [5, 5.41) is 3.31. The molecule has 0 heterocycles. The van der Waals surface area contributed by atoms with Gasteiger partial charge in [-0.2, -0.15) is 0 Å². The highest BCUT2D eigenvalue weighted by molar-refractivity contribution is 7.92. The Kier molecular flexibility index (Phi) is 11.2. The first-order valence-corrected chi connectivity index (χ1v) is 15.7. The molecule has 0 unspecified atom stereocenters. The molecule has 41 heavy (non-hydrogen) atoms. The van der Waals surface area contributed by atoms with E-state index >= 15 is 0 Å². The fourth-order valence-electron chi connectivity index (χ4n) is 4.42. The van der Waals surface area contributed by atoms with Crippen LogP contribution in [-0.2, 0) is 32.6 Å². The van der Waals surface area contributed by atoms with Gasteiger partial charge in [0.2, 0.25) is 21.8 Å². The molecule has 0 aromatic heterocycles. The second-order valence-electron chi connectivity index (χ2n) is 10.1. The number of carbonyl (C=O) groups excluding carboxylic acids is 2. The number of benzene rings is 3. The average molecular weight is 600 g/mol. The highest BCUT2D eigenvalue weighted by atomic mass is 35.5. The average Bonchev–Trinajstić information content (AvgIpc) is 2.94. The quantitative estimate of drug-likeness (QED) is 0.299. The summed E-state index contributed by atoms with van der Waals surface area (Å²) in [4.78, 5) is 29.5. The number of halogens is 1. The van der Waals surface area contributed by atoms with E-state index in [4.69, 9.17) is 16.3 Å². The maximum absolute atomic E-state index is 14.2. The van der Waals surface area contributed by atoms with Gasteiger partial charge in [-0.15, -0.1) is 0 Å². The molecule has 10 heteroatoms. The van der Waals surface area contributed by atoms with Gasteiger partial charge in [0.1, 0.15) is 18.3 Å². The molecule has 220 valence electrons. The normalized spacial score (nSPS) is 12.7. The van der Waals surface area contributed by atoms with Gasteiger partial charge < -0.3 is 15.0 Å². The molecule has 0 fully saturated rings. The molecule has 8 nitrogen and oxygen atoms in total. The lowest BCUT2D eigenvalue weighted by molar-refractivity contribution is -0.140. The fourth-order valence-corrected chi connectivity index (χ4v) is 5.43. The van der Waals surface area contributed by atoms with Crippen molar-refractivity contribution in [3.05, 3.63) is 94.5 Å². The zero-order valence-corrected chi connectivity index (χ0v) is 25.7. The zero-order chi connectivity index (χ0) is 30.2. The molecule has 3 rings (SSSR count). The Morgan fingerprint density at radius 3 is 2.29 bits per heavy atom. The minimum Gasteiger partial charge on any atom is -0.495 e. The number of hydrogen-bond donors (Lipinski definition) is 1. The van der Waals surface area contributed by atoms with Gasteiger partial charge in [-0.25, -0.2) is 8.42 Å². The van der Waals surface area contributed by atoms with Crippen molar-refractivity contribution >= 4 is 39.1 Å². The second kappa shape index (κ2) is 14.4. The molecule has 2 amide bonds. The highest BCUT2D eigenvalue weighted by Crippen LogP contribution is 2.33. The van der Waals surface area contributed by atoms with E-state index in [2.05, 4.69) is 5.32 Å². The Morgan fingerprint density at radius 1 is 1.02 bits per heavy atom. The standard InChI is InChI=1S/C31H38ClN3O5S/c1-6-23(3)33-31(37)28(18-24-13-8-7-9-14-24)34(20-25-15-11-10-12-22(25)2)30(36)21-35(41(5,38)39)27-19-26(32)16-17-29(27)40-4/h7-17,19,23,28H,6,18,20-21H2,1-5H3,(H,33,37)/t23-,28+/m0/s1. The second-order valence-corrected chi connectivity index (χ2v) is 12.4. The van der Waals surface area contributed by atoms with Crippen LogP contribution in [0.1, 0.15) is 37.0 Å². The Morgan fingerprint density at radius 2 is 1.68 bits per heavy atom. The molecular formula is C31H38ClN3O5S. The van der Waals surface area contributed by atoms with Crippen LogP contribution in [0.5, 0.6) is 5.75 Å². The Labute approximate surface area is 248 Å². The van der Waals surface area contributed by atoms with Gasteiger partial charge in [-0.05, 0) is 55.2 Å². The van der Waals surface area contributed by atoms with E-state index in [1.54, 1.807) is 12.1 Å². The van der Waals surface area contributed by atoms with E-state index in [9.17, 15) is 18.0 Å². The molecule has 2 atom stereocenters. The molecule has 3 aromatic carbocycles. The molecule has 0 aliphatic carbocycles. The molecule has 0 aliphatic rings. The van der Waals surface area contributed by atoms with Gasteiger partial charge >= 0.3 is 0 Å². The number of nitrogens with zero attached hydrogens (tertiary/aromatic N) is 2. The Balaban J connectivity index is 2.11. The number of hydrogen-bond acceptors (Lipinski definition) is 5. The van der Waals surface area contributed by atoms with Crippen molar-refractivity contribution in [3.63, 3.8) is 0 Å². The van der Waals surface area contributed by atoms with Crippen LogP contribution in [0.2, 0.25) is 5.02 Å². The van der Waals surface area contributed by atoms with E-state index < -0.39 is 28.5 Å². The number of methoxy groups -OCH3 is 1. The van der Waals surface area contributed by atoms with E-state index in [1.165, 1.54) is 18.1 Å². The molecule has 0 saturated heterocycles. The van der Waals surface area contributed by atoms with Gasteiger partial charge in [-0.1, -0.05) is 73.1 Å². The summed E-state index contributed by atoms with van der Waals surface area (Å²) in [7, 11) is -2.55. The van der Waals surface area contributed by atoms with Gasteiger partial charge in [0.25, 0.3) is 0 Å². The van der Waals surface area contributed by atoms with Crippen molar-refractivity contribution in [2.24, 2.45) is 0 Å². The number of amides is 2. The summed E-state index contributed by atoms with van der Waals surface area (Å²) in [5.41, 5.74) is 2.80.